The van der Waals surface area contributed by atoms with Crippen LogP contribution in [0.1, 0.15) is 34.8 Å². The third-order valence-electron chi connectivity index (χ3n) is 3.84. The molecule has 2 rings (SSSR count). The Labute approximate surface area is 147 Å². The average molecular weight is 353 g/mol. The zero-order chi connectivity index (χ0) is 17.5. The maximum absolute atomic E-state index is 11.9. The van der Waals surface area contributed by atoms with Crippen LogP contribution in [0.4, 0.5) is 0 Å². The lowest BCUT2D eigenvalue weighted by Gasteiger charge is -2.35. The molecule has 24 heavy (non-hydrogen) atoms. The van der Waals surface area contributed by atoms with Gasteiger partial charge in [-0.2, -0.15) is 0 Å². The maximum Gasteiger partial charge on any atom is 0.261 e. The highest BCUT2D eigenvalue weighted by Gasteiger charge is 2.21. The largest absolute Gasteiger partial charge is 0.373 e. The summed E-state index contributed by atoms with van der Waals surface area (Å²) in [4.78, 5) is 27.7. The molecule has 2 heterocycles. The van der Waals surface area contributed by atoms with Crippen molar-refractivity contribution in [3.8, 4) is 0 Å². The molecule has 2 N–H and O–H groups in total. The van der Waals surface area contributed by atoms with Gasteiger partial charge in [0.05, 0.1) is 23.6 Å². The van der Waals surface area contributed by atoms with Crippen molar-refractivity contribution >= 4 is 23.2 Å². The minimum Gasteiger partial charge on any atom is -0.373 e. The Morgan fingerprint density at radius 3 is 2.58 bits per heavy atom. The van der Waals surface area contributed by atoms with Gasteiger partial charge in [-0.25, -0.2) is 0 Å². The van der Waals surface area contributed by atoms with E-state index in [-0.39, 0.29) is 30.6 Å². The number of hydrogen-bond donors (Lipinski definition) is 2. The predicted molar refractivity (Wildman–Crippen MR) is 95.5 cm³/mol. The van der Waals surface area contributed by atoms with E-state index < -0.39 is 0 Å². The number of morpholine rings is 1. The van der Waals surface area contributed by atoms with Gasteiger partial charge in [0.2, 0.25) is 5.91 Å². The second-order valence-electron chi connectivity index (χ2n) is 6.31. The molecule has 2 atom stereocenters. The first-order chi connectivity index (χ1) is 11.4. The standard InChI is InChI=1S/C17H27N3O3S/c1-12-10-20(11-13(2)23-12)8-4-7-18-16(21)9-19-17(22)15-6-5-14(3)24-15/h5-6,12-13H,4,7-11H2,1-3H3,(H,18,21)(H,19,22). The Balaban J connectivity index is 1.57. The van der Waals surface area contributed by atoms with E-state index in [9.17, 15) is 9.59 Å². The van der Waals surface area contributed by atoms with Crippen molar-refractivity contribution in [2.24, 2.45) is 0 Å². The summed E-state index contributed by atoms with van der Waals surface area (Å²) in [6.07, 6.45) is 1.42. The summed E-state index contributed by atoms with van der Waals surface area (Å²) < 4.78 is 5.70. The number of carbonyl (C=O) groups excluding carboxylic acids is 2. The minimum atomic E-state index is -0.195. The summed E-state index contributed by atoms with van der Waals surface area (Å²) >= 11 is 1.43. The SMILES string of the molecule is Cc1ccc(C(=O)NCC(=O)NCCCN2CC(C)OC(C)C2)s1. The van der Waals surface area contributed by atoms with Gasteiger partial charge >= 0.3 is 0 Å². The second kappa shape index (κ2) is 9.15. The Morgan fingerprint density at radius 1 is 1.25 bits per heavy atom. The van der Waals surface area contributed by atoms with E-state index in [1.807, 2.05) is 13.0 Å². The van der Waals surface area contributed by atoms with Crippen LogP contribution in [0.5, 0.6) is 0 Å². The zero-order valence-corrected chi connectivity index (χ0v) is 15.4. The molecule has 1 saturated heterocycles. The highest BCUT2D eigenvalue weighted by molar-refractivity contribution is 7.13. The van der Waals surface area contributed by atoms with Crippen molar-refractivity contribution in [1.29, 1.82) is 0 Å². The van der Waals surface area contributed by atoms with Crippen LogP contribution >= 0.6 is 11.3 Å². The summed E-state index contributed by atoms with van der Waals surface area (Å²) in [6, 6.07) is 3.67. The van der Waals surface area contributed by atoms with Gasteiger partial charge in [0.1, 0.15) is 0 Å². The highest BCUT2D eigenvalue weighted by Crippen LogP contribution is 2.14. The van der Waals surface area contributed by atoms with E-state index in [2.05, 4.69) is 29.4 Å². The van der Waals surface area contributed by atoms with E-state index in [4.69, 9.17) is 4.74 Å². The first-order valence-electron chi connectivity index (χ1n) is 8.43. The van der Waals surface area contributed by atoms with Gasteiger partial charge in [0.15, 0.2) is 0 Å². The van der Waals surface area contributed by atoms with Gasteiger partial charge in [-0.1, -0.05) is 0 Å². The van der Waals surface area contributed by atoms with E-state index >= 15 is 0 Å². The lowest BCUT2D eigenvalue weighted by Crippen LogP contribution is -2.46. The first kappa shape index (κ1) is 18.9. The minimum absolute atomic E-state index is 0.0153. The van der Waals surface area contributed by atoms with E-state index in [1.54, 1.807) is 6.07 Å². The molecule has 1 fully saturated rings. The molecule has 6 nitrogen and oxygen atoms in total. The van der Waals surface area contributed by atoms with Crippen molar-refractivity contribution in [3.05, 3.63) is 21.9 Å². The molecule has 134 valence electrons. The van der Waals surface area contributed by atoms with Crippen molar-refractivity contribution < 1.29 is 14.3 Å². The predicted octanol–water partition coefficient (Wildman–Crippen LogP) is 1.40. The van der Waals surface area contributed by atoms with E-state index in [0.717, 1.165) is 30.9 Å². The number of ether oxygens (including phenoxy) is 1. The Hall–Kier alpha value is -1.44. The van der Waals surface area contributed by atoms with Gasteiger partial charge in [-0.15, -0.1) is 11.3 Å². The fraction of sp³-hybridized carbons (Fsp3) is 0.647. The smallest absolute Gasteiger partial charge is 0.261 e. The van der Waals surface area contributed by atoms with Gasteiger partial charge in [0, 0.05) is 31.1 Å². The normalized spacial score (nSPS) is 21.5. The van der Waals surface area contributed by atoms with Crippen LogP contribution in [0.25, 0.3) is 0 Å². The summed E-state index contributed by atoms with van der Waals surface area (Å²) in [5.41, 5.74) is 0. The topological polar surface area (TPSA) is 70.7 Å². The van der Waals surface area contributed by atoms with E-state index in [0.29, 0.717) is 11.4 Å². The zero-order valence-electron chi connectivity index (χ0n) is 14.6. The van der Waals surface area contributed by atoms with Gasteiger partial charge < -0.3 is 15.4 Å². The van der Waals surface area contributed by atoms with Crippen LogP contribution in [-0.2, 0) is 9.53 Å². The molecule has 0 saturated carbocycles. The molecule has 1 aromatic heterocycles. The van der Waals surface area contributed by atoms with Crippen LogP contribution in [-0.4, -0.2) is 61.6 Å². The highest BCUT2D eigenvalue weighted by atomic mass is 32.1. The van der Waals surface area contributed by atoms with Gasteiger partial charge in [0.25, 0.3) is 5.91 Å². The van der Waals surface area contributed by atoms with Crippen LogP contribution in [0.2, 0.25) is 0 Å². The van der Waals surface area contributed by atoms with E-state index in [1.165, 1.54) is 11.3 Å². The number of nitrogens with zero attached hydrogens (tertiary/aromatic N) is 1. The number of amides is 2. The van der Waals surface area contributed by atoms with Crippen molar-refractivity contribution in [2.75, 3.05) is 32.7 Å². The maximum atomic E-state index is 11.9. The first-order valence-corrected chi connectivity index (χ1v) is 9.25. The second-order valence-corrected chi connectivity index (χ2v) is 7.60. The molecule has 0 bridgehead atoms. The number of aryl methyl sites for hydroxylation is 1. The van der Waals surface area contributed by atoms with Crippen LogP contribution < -0.4 is 10.6 Å². The van der Waals surface area contributed by atoms with Crippen LogP contribution in [0.15, 0.2) is 12.1 Å². The van der Waals surface area contributed by atoms with Crippen molar-refractivity contribution in [2.45, 2.75) is 39.4 Å². The third-order valence-corrected chi connectivity index (χ3v) is 4.84. The fourth-order valence-electron chi connectivity index (χ4n) is 2.86. The Kier molecular flexibility index (Phi) is 7.20. The summed E-state index contributed by atoms with van der Waals surface area (Å²) in [6.45, 7) is 9.57. The molecular formula is C17H27N3O3S. The molecule has 2 unspecified atom stereocenters. The molecule has 0 radical (unpaired) electrons. The number of thiophene rings is 1. The summed E-state index contributed by atoms with van der Waals surface area (Å²) in [5, 5.41) is 5.49. The summed E-state index contributed by atoms with van der Waals surface area (Å²) in [7, 11) is 0. The Morgan fingerprint density at radius 2 is 1.96 bits per heavy atom. The number of carbonyl (C=O) groups is 2. The quantitative estimate of drug-likeness (QED) is 0.727. The number of rotatable bonds is 7. The van der Waals surface area contributed by atoms with Gasteiger partial charge in [-0.3, -0.25) is 14.5 Å². The molecule has 2 amide bonds. The molecule has 0 spiro atoms. The monoisotopic (exact) mass is 353 g/mol. The molecule has 1 aromatic rings. The lowest BCUT2D eigenvalue weighted by atomic mass is 10.2. The summed E-state index contributed by atoms with van der Waals surface area (Å²) in [5.74, 6) is -0.347. The Bertz CT molecular complexity index is 551. The molecule has 7 heteroatoms. The fourth-order valence-corrected chi connectivity index (χ4v) is 3.65. The average Bonchev–Trinajstić information content (AvgIpc) is 2.95. The third kappa shape index (κ3) is 6.22. The lowest BCUT2D eigenvalue weighted by molar-refractivity contribution is -0.120. The van der Waals surface area contributed by atoms with Crippen LogP contribution in [0, 0.1) is 6.92 Å². The van der Waals surface area contributed by atoms with Crippen molar-refractivity contribution in [1.82, 2.24) is 15.5 Å². The van der Waals surface area contributed by atoms with Gasteiger partial charge in [-0.05, 0) is 39.3 Å². The molecule has 0 aliphatic carbocycles. The molecule has 1 aliphatic rings. The number of hydrogen-bond acceptors (Lipinski definition) is 5. The molecule has 0 aromatic carbocycles. The van der Waals surface area contributed by atoms with Crippen molar-refractivity contribution in [3.63, 3.8) is 0 Å². The number of nitrogens with one attached hydrogen (secondary N) is 2. The van der Waals surface area contributed by atoms with Crippen LogP contribution in [0.3, 0.4) is 0 Å². The molecule has 1 aliphatic heterocycles. The molecular weight excluding hydrogens is 326 g/mol.